The zero-order chi connectivity index (χ0) is 12.3. The molecule has 0 saturated carbocycles. The second-order valence-corrected chi connectivity index (χ2v) is 11.2. The molecule has 88 valence electrons. The summed E-state index contributed by atoms with van der Waals surface area (Å²) in [5.74, 6) is 0. The minimum atomic E-state index is 0. The van der Waals surface area contributed by atoms with Crippen LogP contribution in [0, 0.1) is 6.28 Å². The summed E-state index contributed by atoms with van der Waals surface area (Å²) < 4.78 is 4.70. The van der Waals surface area contributed by atoms with E-state index in [-0.39, 0.29) is 19.5 Å². The van der Waals surface area contributed by atoms with Gasteiger partial charge in [-0.05, 0) is 6.28 Å². The fourth-order valence-electron chi connectivity index (χ4n) is 0.511. The van der Waals surface area contributed by atoms with Crippen molar-refractivity contribution in [3.8, 4) is 0 Å². The van der Waals surface area contributed by atoms with Crippen molar-refractivity contribution in [3.05, 3.63) is 6.28 Å². The van der Waals surface area contributed by atoms with Crippen molar-refractivity contribution in [1.82, 2.24) is 0 Å². The van der Waals surface area contributed by atoms with Gasteiger partial charge in [-0.3, -0.25) is 0 Å². The predicted molar refractivity (Wildman–Crippen MR) is 88.6 cm³/mol. The third-order valence-electron chi connectivity index (χ3n) is 1.04. The van der Waals surface area contributed by atoms with E-state index in [2.05, 4.69) is 0 Å². The van der Waals surface area contributed by atoms with Gasteiger partial charge in [0.2, 0.25) is 0 Å². The van der Waals surface area contributed by atoms with Crippen LogP contribution in [0.5, 0.6) is 0 Å². The Labute approximate surface area is 160 Å². The summed E-state index contributed by atoms with van der Waals surface area (Å²) in [5, 5.41) is 0. The van der Waals surface area contributed by atoms with Crippen molar-refractivity contribution in [2.45, 2.75) is 16.8 Å². The molecule has 0 saturated heterocycles. The van der Waals surface area contributed by atoms with Gasteiger partial charge in [-0.25, -0.2) is 0 Å². The summed E-state index contributed by atoms with van der Waals surface area (Å²) in [6.45, 7) is 0. The zero-order valence-corrected chi connectivity index (χ0v) is 18.9. The number of rotatable bonds is 0. The first kappa shape index (κ1) is 19.0. The first-order valence-corrected chi connectivity index (χ1v) is 9.07. The van der Waals surface area contributed by atoms with Gasteiger partial charge in [0.1, 0.15) is 0 Å². The van der Waals surface area contributed by atoms with Crippen LogP contribution in [0.2, 0.25) is 0 Å². The molecule has 0 spiro atoms. The van der Waals surface area contributed by atoms with Crippen LogP contribution < -0.4 is 0 Å². The molecule has 17 heavy (non-hydrogen) atoms. The van der Waals surface area contributed by atoms with Crippen molar-refractivity contribution in [3.63, 3.8) is 0 Å². The van der Waals surface area contributed by atoms with Crippen molar-refractivity contribution in [1.29, 1.82) is 0 Å². The molecule has 0 amide bonds. The average Bonchev–Trinajstić information content (AvgIpc) is 2.58. The standard InChI is InChI=1S/2C3H2S5.Zn/c2*4-1-2(5)8-3(6)7-1;/h2*4-5H;/q;;+2/p-4. The molecular formula is C6S10Zn-2. The topological polar surface area (TPSA) is 0 Å². The molecule has 2 heterocycles. The molecule has 0 radical (unpaired) electrons. The minimum absolute atomic E-state index is 0. The van der Waals surface area contributed by atoms with Crippen molar-refractivity contribution in [2.24, 2.45) is 0 Å². The largest absolute Gasteiger partial charge is 2.00 e. The molecule has 0 aliphatic heterocycles. The Balaban J connectivity index is 0.000000284. The summed E-state index contributed by atoms with van der Waals surface area (Å²) in [7, 11) is 0. The molecule has 0 aromatic carbocycles. The second-order valence-electron chi connectivity index (χ2n) is 2.06. The van der Waals surface area contributed by atoms with Gasteiger partial charge in [0.05, 0.1) is 0 Å². The van der Waals surface area contributed by atoms with Crippen molar-refractivity contribution >= 4 is 120 Å². The van der Waals surface area contributed by atoms with E-state index in [4.69, 9.17) is 75.0 Å². The van der Waals surface area contributed by atoms with E-state index in [1.54, 1.807) is 0 Å². The van der Waals surface area contributed by atoms with Gasteiger partial charge in [0.25, 0.3) is 0 Å². The third-order valence-corrected chi connectivity index (χ3v) is 8.11. The van der Waals surface area contributed by atoms with Crippen molar-refractivity contribution < 1.29 is 19.5 Å². The molecule has 0 nitrogen and oxygen atoms in total. The predicted octanol–water partition coefficient (Wildman–Crippen LogP) is 4.70. The minimum Gasteiger partial charge on any atom is -0.429 e. The molecule has 2 rings (SSSR count). The molecule has 0 bridgehead atoms. The van der Waals surface area contributed by atoms with E-state index in [1.165, 1.54) is 45.3 Å². The quantitative estimate of drug-likeness (QED) is 0.317. The summed E-state index contributed by atoms with van der Waals surface area (Å²) in [4.78, 5) is 0. The van der Waals surface area contributed by atoms with Gasteiger partial charge in [0.15, 0.2) is 0 Å². The van der Waals surface area contributed by atoms with Crippen LogP contribution in [0.4, 0.5) is 0 Å². The van der Waals surface area contributed by atoms with Crippen LogP contribution in [-0.4, -0.2) is 0 Å². The maximum atomic E-state index is 4.83. The molecule has 0 N–H and O–H groups in total. The molecule has 0 aliphatic carbocycles. The van der Waals surface area contributed by atoms with E-state index < -0.39 is 0 Å². The summed E-state index contributed by atoms with van der Waals surface area (Å²) in [6, 6.07) is 0. The first-order chi connectivity index (χ1) is 7.40. The Bertz CT molecular complexity index is 473. The zero-order valence-electron chi connectivity index (χ0n) is 7.79. The SMILES string of the molecule is S=c1sc([S-])c([S-])s1.S=c1sc([S-])c([S-])s1.[Zn+2]. The van der Waals surface area contributed by atoms with Gasteiger partial charge in [-0.15, -0.1) is 41.3 Å². The Kier molecular flexibility index (Phi) is 10.2. The van der Waals surface area contributed by atoms with Gasteiger partial charge >= 0.3 is 19.5 Å². The van der Waals surface area contributed by atoms with E-state index >= 15 is 0 Å². The van der Waals surface area contributed by atoms with Crippen LogP contribution in [0.3, 0.4) is 0 Å². The van der Waals surface area contributed by atoms with E-state index in [9.17, 15) is 0 Å². The Morgan fingerprint density at radius 3 is 0.824 bits per heavy atom. The number of hydrogen-bond donors (Lipinski definition) is 0. The Hall–Kier alpha value is 2.04. The Morgan fingerprint density at radius 2 is 0.765 bits per heavy atom. The van der Waals surface area contributed by atoms with Gasteiger partial charge in [-0.2, -0.15) is 0 Å². The average molecular weight is 458 g/mol. The molecule has 0 unspecified atom stereocenters. The van der Waals surface area contributed by atoms with Crippen LogP contribution in [0.15, 0.2) is 16.8 Å². The third kappa shape index (κ3) is 6.85. The van der Waals surface area contributed by atoms with Crippen molar-refractivity contribution in [2.75, 3.05) is 0 Å². The molecule has 11 heteroatoms. The van der Waals surface area contributed by atoms with Crippen LogP contribution in [0.25, 0.3) is 0 Å². The Morgan fingerprint density at radius 1 is 0.588 bits per heavy atom. The normalized spacial score (nSPS) is 8.94. The number of hydrogen-bond acceptors (Lipinski definition) is 10. The summed E-state index contributed by atoms with van der Waals surface area (Å²) in [6.07, 6.45) is 0. The molecule has 0 aliphatic rings. The van der Waals surface area contributed by atoms with Gasteiger partial charge in [0, 0.05) is 0 Å². The maximum absolute atomic E-state index is 4.83. The second kappa shape index (κ2) is 9.07. The molecule has 2 aromatic heterocycles. The van der Waals surface area contributed by atoms with Gasteiger partial charge < -0.3 is 95.9 Å². The van der Waals surface area contributed by atoms with Crippen LogP contribution >= 0.6 is 69.8 Å². The van der Waals surface area contributed by atoms with Gasteiger partial charge in [-0.1, -0.05) is 0 Å². The molecular weight excluding hydrogens is 458 g/mol. The molecule has 0 atom stereocenters. The fraction of sp³-hybridized carbons (Fsp3) is 0. The first-order valence-electron chi connectivity index (χ1n) is 3.36. The van der Waals surface area contributed by atoms with Crippen LogP contribution in [-0.2, 0) is 70.0 Å². The van der Waals surface area contributed by atoms with E-state index in [1.807, 2.05) is 0 Å². The smallest absolute Gasteiger partial charge is 0.429 e. The van der Waals surface area contributed by atoms with Crippen LogP contribution in [0.1, 0.15) is 0 Å². The molecule has 0 fully saturated rings. The van der Waals surface area contributed by atoms with E-state index in [0.29, 0.717) is 0 Å². The molecule has 2 aromatic rings. The maximum Gasteiger partial charge on any atom is 2.00 e. The monoisotopic (exact) mass is 456 g/mol. The summed E-state index contributed by atoms with van der Waals surface area (Å²) >= 11 is 34.6. The summed E-state index contributed by atoms with van der Waals surface area (Å²) in [5.41, 5.74) is 0. The van der Waals surface area contributed by atoms with E-state index in [0.717, 1.165) is 23.1 Å². The fourth-order valence-corrected chi connectivity index (χ4v) is 7.05.